The highest BCUT2D eigenvalue weighted by atomic mass is 79.9. The topological polar surface area (TPSA) is 50.2 Å². The highest BCUT2D eigenvalue weighted by molar-refractivity contribution is 9.11. The standard InChI is InChI=1S/C6H6BrNO2S/c1-2-3-8-4(6(9)10)5(7)11-3/h2H2,1H3,(H,9,10). The molecule has 3 nitrogen and oxygen atoms in total. The fourth-order valence-electron chi connectivity index (χ4n) is 0.626. The molecule has 1 heterocycles. The van der Waals surface area contributed by atoms with Crippen LogP contribution in [0.5, 0.6) is 0 Å². The zero-order chi connectivity index (χ0) is 8.43. The molecule has 0 spiro atoms. The van der Waals surface area contributed by atoms with E-state index in [-0.39, 0.29) is 5.69 Å². The van der Waals surface area contributed by atoms with Crippen LogP contribution in [0.15, 0.2) is 3.79 Å². The van der Waals surface area contributed by atoms with Crippen molar-refractivity contribution in [3.63, 3.8) is 0 Å². The molecule has 1 N–H and O–H groups in total. The second-order valence-corrected chi connectivity index (χ2v) is 4.29. The number of carboxylic acids is 1. The van der Waals surface area contributed by atoms with Gasteiger partial charge in [-0.2, -0.15) is 0 Å². The number of aryl methyl sites for hydroxylation is 1. The number of nitrogens with zero attached hydrogens (tertiary/aromatic N) is 1. The molecule has 1 aromatic heterocycles. The number of aromatic carboxylic acids is 1. The number of halogens is 1. The smallest absolute Gasteiger partial charge is 0.356 e. The summed E-state index contributed by atoms with van der Waals surface area (Å²) in [4.78, 5) is 14.4. The van der Waals surface area contributed by atoms with Crippen molar-refractivity contribution in [1.29, 1.82) is 0 Å². The molecule has 0 bridgehead atoms. The minimum absolute atomic E-state index is 0.117. The van der Waals surface area contributed by atoms with Crippen molar-refractivity contribution in [1.82, 2.24) is 4.98 Å². The van der Waals surface area contributed by atoms with Gasteiger partial charge in [0.1, 0.15) is 3.79 Å². The van der Waals surface area contributed by atoms with E-state index in [4.69, 9.17) is 5.11 Å². The van der Waals surface area contributed by atoms with Crippen molar-refractivity contribution < 1.29 is 9.90 Å². The first-order valence-electron chi connectivity index (χ1n) is 3.03. The first kappa shape index (κ1) is 8.67. The molecule has 0 saturated heterocycles. The summed E-state index contributed by atoms with van der Waals surface area (Å²) < 4.78 is 0.599. The van der Waals surface area contributed by atoms with Gasteiger partial charge in [0.25, 0.3) is 0 Å². The summed E-state index contributed by atoms with van der Waals surface area (Å²) in [5.41, 5.74) is 0.117. The van der Waals surface area contributed by atoms with Crippen LogP contribution >= 0.6 is 27.3 Å². The lowest BCUT2D eigenvalue weighted by molar-refractivity contribution is 0.0690. The van der Waals surface area contributed by atoms with Gasteiger partial charge in [-0.15, -0.1) is 11.3 Å². The number of hydrogen-bond acceptors (Lipinski definition) is 3. The van der Waals surface area contributed by atoms with E-state index >= 15 is 0 Å². The summed E-state index contributed by atoms with van der Waals surface area (Å²) in [7, 11) is 0. The van der Waals surface area contributed by atoms with Crippen molar-refractivity contribution in [3.8, 4) is 0 Å². The average molecular weight is 236 g/mol. The molecule has 0 aliphatic heterocycles. The zero-order valence-corrected chi connectivity index (χ0v) is 8.20. The van der Waals surface area contributed by atoms with Crippen molar-refractivity contribution >= 4 is 33.2 Å². The molecule has 0 saturated carbocycles. The van der Waals surface area contributed by atoms with E-state index < -0.39 is 5.97 Å². The molecule has 0 fully saturated rings. The Balaban J connectivity index is 3.07. The Kier molecular flexibility index (Phi) is 2.62. The quantitative estimate of drug-likeness (QED) is 0.855. The van der Waals surface area contributed by atoms with E-state index in [1.54, 1.807) is 0 Å². The third-order valence-electron chi connectivity index (χ3n) is 1.14. The molecule has 1 rings (SSSR count). The molecule has 0 unspecified atom stereocenters. The number of aromatic nitrogens is 1. The minimum Gasteiger partial charge on any atom is -0.476 e. The molecule has 1 aromatic rings. The van der Waals surface area contributed by atoms with Crippen molar-refractivity contribution in [2.24, 2.45) is 0 Å². The normalized spacial score (nSPS) is 10.0. The van der Waals surface area contributed by atoms with Gasteiger partial charge < -0.3 is 5.11 Å². The predicted molar refractivity (Wildman–Crippen MR) is 46.2 cm³/mol. The van der Waals surface area contributed by atoms with E-state index in [0.717, 1.165) is 11.4 Å². The molecule has 11 heavy (non-hydrogen) atoms. The first-order valence-corrected chi connectivity index (χ1v) is 4.64. The molecule has 0 aromatic carbocycles. The Morgan fingerprint density at radius 2 is 2.45 bits per heavy atom. The van der Waals surface area contributed by atoms with Gasteiger partial charge in [-0.05, 0) is 22.4 Å². The van der Waals surface area contributed by atoms with Gasteiger partial charge in [0, 0.05) is 0 Å². The Hall–Kier alpha value is -0.420. The maximum atomic E-state index is 10.5. The molecule has 0 aliphatic rings. The molecule has 60 valence electrons. The van der Waals surface area contributed by atoms with Crippen LogP contribution in [0.25, 0.3) is 0 Å². The maximum Gasteiger partial charge on any atom is 0.356 e. The van der Waals surface area contributed by atoms with Crippen LogP contribution in [0.3, 0.4) is 0 Å². The van der Waals surface area contributed by atoms with Gasteiger partial charge in [-0.3, -0.25) is 0 Å². The van der Waals surface area contributed by atoms with Gasteiger partial charge >= 0.3 is 5.97 Å². The van der Waals surface area contributed by atoms with Gasteiger partial charge in [-0.1, -0.05) is 6.92 Å². The third-order valence-corrected chi connectivity index (χ3v) is 2.98. The number of thiazole rings is 1. The fourth-order valence-corrected chi connectivity index (χ4v) is 2.16. The summed E-state index contributed by atoms with van der Waals surface area (Å²) >= 11 is 4.50. The van der Waals surface area contributed by atoms with E-state index in [2.05, 4.69) is 20.9 Å². The second-order valence-electron chi connectivity index (χ2n) is 1.89. The van der Waals surface area contributed by atoms with Crippen LogP contribution in [0.4, 0.5) is 0 Å². The summed E-state index contributed by atoms with van der Waals surface area (Å²) in [5, 5.41) is 9.43. The highest BCUT2D eigenvalue weighted by Crippen LogP contribution is 2.24. The Bertz CT molecular complexity index is 284. The lowest BCUT2D eigenvalue weighted by atomic mass is 10.5. The molecule has 0 atom stereocenters. The van der Waals surface area contributed by atoms with Crippen LogP contribution in [0.1, 0.15) is 22.4 Å². The number of carboxylic acid groups (broad SMARTS) is 1. The molecule has 5 heteroatoms. The van der Waals surface area contributed by atoms with Crippen LogP contribution < -0.4 is 0 Å². The summed E-state index contributed by atoms with van der Waals surface area (Å²) in [6, 6.07) is 0. The summed E-state index contributed by atoms with van der Waals surface area (Å²) in [5.74, 6) is -0.979. The number of carbonyl (C=O) groups is 1. The van der Waals surface area contributed by atoms with E-state index in [1.165, 1.54) is 11.3 Å². The number of rotatable bonds is 2. The number of hydrogen-bond donors (Lipinski definition) is 1. The molecular formula is C6H6BrNO2S. The van der Waals surface area contributed by atoms with E-state index in [0.29, 0.717) is 3.79 Å². The van der Waals surface area contributed by atoms with Gasteiger partial charge in [0.2, 0.25) is 0 Å². The fraction of sp³-hybridized carbons (Fsp3) is 0.333. The lowest BCUT2D eigenvalue weighted by Crippen LogP contribution is -1.97. The summed E-state index contributed by atoms with van der Waals surface area (Å²) in [6.45, 7) is 1.94. The van der Waals surface area contributed by atoms with Gasteiger partial charge in [0.05, 0.1) is 5.01 Å². The predicted octanol–water partition coefficient (Wildman–Crippen LogP) is 2.17. The van der Waals surface area contributed by atoms with Crippen LogP contribution in [-0.2, 0) is 6.42 Å². The van der Waals surface area contributed by atoms with E-state index in [1.807, 2.05) is 6.92 Å². The molecule has 0 radical (unpaired) electrons. The minimum atomic E-state index is -0.979. The van der Waals surface area contributed by atoms with Crippen LogP contribution in [0.2, 0.25) is 0 Å². The summed E-state index contributed by atoms with van der Waals surface area (Å²) in [6.07, 6.45) is 0.774. The Morgan fingerprint density at radius 3 is 2.73 bits per heavy atom. The second kappa shape index (κ2) is 3.32. The molecule has 0 aliphatic carbocycles. The highest BCUT2D eigenvalue weighted by Gasteiger charge is 2.13. The van der Waals surface area contributed by atoms with Crippen LogP contribution in [-0.4, -0.2) is 16.1 Å². The maximum absolute atomic E-state index is 10.5. The third kappa shape index (κ3) is 1.78. The Labute approximate surface area is 76.2 Å². The van der Waals surface area contributed by atoms with Crippen LogP contribution in [0, 0.1) is 0 Å². The van der Waals surface area contributed by atoms with Crippen molar-refractivity contribution in [2.75, 3.05) is 0 Å². The average Bonchev–Trinajstić information content (AvgIpc) is 2.30. The Morgan fingerprint density at radius 1 is 1.82 bits per heavy atom. The zero-order valence-electron chi connectivity index (χ0n) is 5.80. The van der Waals surface area contributed by atoms with Gasteiger partial charge in [-0.25, -0.2) is 9.78 Å². The SMILES string of the molecule is CCc1nc(C(=O)O)c(Br)s1. The first-order chi connectivity index (χ1) is 5.15. The molecular weight excluding hydrogens is 230 g/mol. The monoisotopic (exact) mass is 235 g/mol. The largest absolute Gasteiger partial charge is 0.476 e. The lowest BCUT2D eigenvalue weighted by Gasteiger charge is -1.84. The van der Waals surface area contributed by atoms with Gasteiger partial charge in [0.15, 0.2) is 5.69 Å². The van der Waals surface area contributed by atoms with E-state index in [9.17, 15) is 4.79 Å². The van der Waals surface area contributed by atoms with Crippen molar-refractivity contribution in [3.05, 3.63) is 14.5 Å². The van der Waals surface area contributed by atoms with Crippen molar-refractivity contribution in [2.45, 2.75) is 13.3 Å². The molecule has 0 amide bonds.